The number of benzene rings is 1. The van der Waals surface area contributed by atoms with E-state index >= 15 is 0 Å². The van der Waals surface area contributed by atoms with E-state index in [2.05, 4.69) is 0 Å². The van der Waals surface area contributed by atoms with Gasteiger partial charge in [-0.2, -0.15) is 0 Å². The van der Waals surface area contributed by atoms with Crippen LogP contribution in [-0.2, 0) is 0 Å². The topological polar surface area (TPSA) is 49.1 Å². The van der Waals surface area contributed by atoms with Crippen LogP contribution in [0, 0.1) is 0 Å². The van der Waals surface area contributed by atoms with Crippen molar-refractivity contribution in [3.8, 4) is 5.75 Å². The van der Waals surface area contributed by atoms with E-state index in [-0.39, 0.29) is 5.75 Å². The summed E-state index contributed by atoms with van der Waals surface area (Å²) in [6.07, 6.45) is 0. The van der Waals surface area contributed by atoms with Gasteiger partial charge >= 0.3 is 0 Å². The Labute approximate surface area is 47.6 Å². The predicted octanol–water partition coefficient (Wildman–Crippen LogP) is 0.342. The van der Waals surface area contributed by atoms with Crippen molar-refractivity contribution >= 4 is 5.69 Å². The van der Waals surface area contributed by atoms with Crippen LogP contribution in [-0.4, -0.2) is 0 Å². The smallest absolute Gasteiger partial charge is 0.0313 e. The lowest BCUT2D eigenvalue weighted by Crippen LogP contribution is -1.89. The van der Waals surface area contributed by atoms with Gasteiger partial charge in [0.15, 0.2) is 0 Å². The highest BCUT2D eigenvalue weighted by atomic mass is 16.3. The van der Waals surface area contributed by atoms with Crippen molar-refractivity contribution < 1.29 is 5.11 Å². The molecule has 0 spiro atoms. The number of nitrogen functional groups attached to an aromatic ring is 1. The minimum absolute atomic E-state index is 0.000741. The normalized spacial score (nSPS) is 9.00. The second-order valence-corrected chi connectivity index (χ2v) is 1.57. The Kier molecular flexibility index (Phi) is 1.08. The van der Waals surface area contributed by atoms with Crippen molar-refractivity contribution in [3.05, 3.63) is 24.3 Å². The Morgan fingerprint density at radius 3 is 2.00 bits per heavy atom. The number of hydrogen-bond acceptors (Lipinski definition) is 2. The van der Waals surface area contributed by atoms with E-state index in [9.17, 15) is 5.11 Å². The molecule has 1 rings (SSSR count). The van der Waals surface area contributed by atoms with E-state index in [1.165, 1.54) is 12.1 Å². The fourth-order valence-corrected chi connectivity index (χ4v) is 0.468. The molecule has 0 heterocycles. The molecule has 0 saturated carbocycles. The highest BCUT2D eigenvalue weighted by molar-refractivity contribution is 5.40. The summed E-state index contributed by atoms with van der Waals surface area (Å²) in [7, 11) is 0. The fraction of sp³-hybridized carbons (Fsp3) is 0. The molecule has 42 valence electrons. The van der Waals surface area contributed by atoms with Crippen LogP contribution in [0.2, 0.25) is 0 Å². The maximum atomic E-state index is 10.4. The molecule has 0 radical (unpaired) electrons. The standard InChI is InChI=1S/C6H7NO/c7-5-1-3-6(8)4-2-5/h1-4,8H,7H2/p-1. The molecular weight excluding hydrogens is 102 g/mol. The molecule has 0 fully saturated rings. The van der Waals surface area contributed by atoms with Crippen molar-refractivity contribution in [1.82, 2.24) is 0 Å². The lowest BCUT2D eigenvalue weighted by Gasteiger charge is -2.01. The lowest BCUT2D eigenvalue weighted by molar-refractivity contribution is -0.268. The predicted molar refractivity (Wildman–Crippen MR) is 30.3 cm³/mol. The first-order valence-corrected chi connectivity index (χ1v) is 2.31. The highest BCUT2D eigenvalue weighted by Gasteiger charge is 1.75. The second kappa shape index (κ2) is 1.74. The highest BCUT2D eigenvalue weighted by Crippen LogP contribution is 2.06. The molecule has 0 atom stereocenters. The summed E-state index contributed by atoms with van der Waals surface area (Å²) in [5, 5.41) is 10.4. The van der Waals surface area contributed by atoms with Gasteiger partial charge in [-0.15, -0.1) is 5.75 Å². The van der Waals surface area contributed by atoms with Gasteiger partial charge in [0.05, 0.1) is 0 Å². The van der Waals surface area contributed by atoms with Gasteiger partial charge in [-0.05, 0) is 12.1 Å². The Morgan fingerprint density at radius 1 is 1.12 bits per heavy atom. The lowest BCUT2D eigenvalue weighted by atomic mass is 10.3. The van der Waals surface area contributed by atoms with Crippen LogP contribution in [0.1, 0.15) is 0 Å². The van der Waals surface area contributed by atoms with Crippen molar-refractivity contribution in [2.24, 2.45) is 0 Å². The molecule has 0 amide bonds. The third-order valence-electron chi connectivity index (χ3n) is 0.880. The van der Waals surface area contributed by atoms with Crippen LogP contribution < -0.4 is 10.8 Å². The molecule has 0 saturated heterocycles. The first-order valence-electron chi connectivity index (χ1n) is 2.31. The van der Waals surface area contributed by atoms with Crippen LogP contribution in [0.25, 0.3) is 0 Å². The fourth-order valence-electron chi connectivity index (χ4n) is 0.468. The quantitative estimate of drug-likeness (QED) is 0.487. The molecule has 1 aromatic rings. The Morgan fingerprint density at radius 2 is 1.62 bits per heavy atom. The summed E-state index contributed by atoms with van der Waals surface area (Å²) < 4.78 is 0. The summed E-state index contributed by atoms with van der Waals surface area (Å²) >= 11 is 0. The average Bonchev–Trinajstić information content (AvgIpc) is 1.77. The Hall–Kier alpha value is -1.18. The molecule has 0 aliphatic carbocycles. The molecule has 2 nitrogen and oxygen atoms in total. The van der Waals surface area contributed by atoms with Gasteiger partial charge in [0, 0.05) is 5.69 Å². The SMILES string of the molecule is Nc1ccc([O-])cc1. The van der Waals surface area contributed by atoms with Crippen LogP contribution >= 0.6 is 0 Å². The zero-order valence-electron chi connectivity index (χ0n) is 4.29. The summed E-state index contributed by atoms with van der Waals surface area (Å²) in [5.41, 5.74) is 5.92. The van der Waals surface area contributed by atoms with E-state index in [1.54, 1.807) is 12.1 Å². The molecule has 0 aliphatic heterocycles. The Balaban J connectivity index is 3.03. The second-order valence-electron chi connectivity index (χ2n) is 1.57. The number of nitrogens with two attached hydrogens (primary N) is 1. The first kappa shape index (κ1) is 4.97. The van der Waals surface area contributed by atoms with Gasteiger partial charge in [0.1, 0.15) is 0 Å². The molecule has 0 aliphatic rings. The zero-order valence-corrected chi connectivity index (χ0v) is 4.29. The minimum atomic E-state index is -0.000741. The number of rotatable bonds is 0. The molecule has 1 aromatic carbocycles. The third kappa shape index (κ3) is 0.904. The summed E-state index contributed by atoms with van der Waals surface area (Å²) in [4.78, 5) is 0. The Bertz CT molecular complexity index is 147. The van der Waals surface area contributed by atoms with Gasteiger partial charge < -0.3 is 10.8 Å². The van der Waals surface area contributed by atoms with Crippen molar-refractivity contribution in [1.29, 1.82) is 0 Å². The largest absolute Gasteiger partial charge is 0.872 e. The molecule has 2 heteroatoms. The van der Waals surface area contributed by atoms with Crippen LogP contribution in [0.3, 0.4) is 0 Å². The van der Waals surface area contributed by atoms with Crippen LogP contribution in [0.4, 0.5) is 5.69 Å². The summed E-state index contributed by atoms with van der Waals surface area (Å²) in [5.74, 6) is -0.000741. The van der Waals surface area contributed by atoms with Gasteiger partial charge in [-0.3, -0.25) is 0 Å². The molecule has 0 bridgehead atoms. The van der Waals surface area contributed by atoms with Gasteiger partial charge in [0.2, 0.25) is 0 Å². The van der Waals surface area contributed by atoms with E-state index in [4.69, 9.17) is 5.73 Å². The van der Waals surface area contributed by atoms with Crippen LogP contribution in [0.5, 0.6) is 5.75 Å². The monoisotopic (exact) mass is 108 g/mol. The van der Waals surface area contributed by atoms with E-state index in [1.807, 2.05) is 0 Å². The van der Waals surface area contributed by atoms with E-state index < -0.39 is 0 Å². The minimum Gasteiger partial charge on any atom is -0.872 e. The van der Waals surface area contributed by atoms with E-state index in [0.717, 1.165) is 0 Å². The molecule has 2 N–H and O–H groups in total. The zero-order chi connectivity index (χ0) is 5.98. The number of hydrogen-bond donors (Lipinski definition) is 1. The van der Waals surface area contributed by atoms with Gasteiger partial charge in [-0.1, -0.05) is 12.1 Å². The molecule has 8 heavy (non-hydrogen) atoms. The number of anilines is 1. The third-order valence-corrected chi connectivity index (χ3v) is 0.880. The average molecular weight is 108 g/mol. The van der Waals surface area contributed by atoms with E-state index in [0.29, 0.717) is 5.69 Å². The maximum absolute atomic E-state index is 10.4. The van der Waals surface area contributed by atoms with Crippen molar-refractivity contribution in [2.45, 2.75) is 0 Å². The van der Waals surface area contributed by atoms with Crippen LogP contribution in [0.15, 0.2) is 24.3 Å². The van der Waals surface area contributed by atoms with Crippen molar-refractivity contribution in [3.63, 3.8) is 0 Å². The maximum Gasteiger partial charge on any atom is 0.0313 e. The first-order chi connectivity index (χ1) is 3.79. The van der Waals surface area contributed by atoms with Gasteiger partial charge in [0.25, 0.3) is 0 Å². The molecule has 0 aromatic heterocycles. The summed E-state index contributed by atoms with van der Waals surface area (Å²) in [6, 6.07) is 6.05. The van der Waals surface area contributed by atoms with Gasteiger partial charge in [-0.25, -0.2) is 0 Å². The molecule has 0 unspecified atom stereocenters. The molecular formula is C6H6NO-. The van der Waals surface area contributed by atoms with Crippen molar-refractivity contribution in [2.75, 3.05) is 5.73 Å². The summed E-state index contributed by atoms with van der Waals surface area (Å²) in [6.45, 7) is 0.